The van der Waals surface area contributed by atoms with E-state index >= 15 is 0 Å². The highest BCUT2D eigenvalue weighted by molar-refractivity contribution is 6.04. The van der Waals surface area contributed by atoms with Crippen molar-refractivity contribution in [3.63, 3.8) is 0 Å². The summed E-state index contributed by atoms with van der Waals surface area (Å²) in [5, 5.41) is 68.2. The van der Waals surface area contributed by atoms with Gasteiger partial charge in [0.25, 0.3) is 0 Å². The smallest absolute Gasteiger partial charge is 0.303 e. The van der Waals surface area contributed by atoms with Crippen LogP contribution in [0, 0.1) is 0 Å². The van der Waals surface area contributed by atoms with Crippen molar-refractivity contribution in [2.75, 3.05) is 7.11 Å². The summed E-state index contributed by atoms with van der Waals surface area (Å²) in [7, 11) is 1.38. The highest BCUT2D eigenvalue weighted by Crippen LogP contribution is 2.47. The Hall–Kier alpha value is -4.37. The minimum Gasteiger partial charge on any atom is -0.507 e. The zero-order valence-corrected chi connectivity index (χ0v) is 26.0. The SMILES string of the molecule is COC1C=CC=c2c1c(O)c1c(O)c3c(c(O)c1c2O)C[C@@](O)(C(C)=O)CC=3OC1OC(C)C(OC(C)=O)C(C)(O)C1OC(C)=O. The molecule has 1 saturated heterocycles. The van der Waals surface area contributed by atoms with Crippen LogP contribution in [0.3, 0.4) is 0 Å². The molecule has 2 aromatic carbocycles. The average Bonchev–Trinajstić information content (AvgIpc) is 2.97. The summed E-state index contributed by atoms with van der Waals surface area (Å²) in [5.41, 5.74) is -4.38. The van der Waals surface area contributed by atoms with Crippen molar-refractivity contribution in [1.82, 2.24) is 0 Å². The Kier molecular flexibility index (Phi) is 8.22. The van der Waals surface area contributed by atoms with Crippen LogP contribution in [-0.4, -0.2) is 91.3 Å². The number of methoxy groups -OCH3 is 1. The number of phenolic OH excluding ortho intramolecular Hbond substituents is 4. The number of hydrogen-bond donors (Lipinski definition) is 6. The van der Waals surface area contributed by atoms with Gasteiger partial charge in [-0.05, 0) is 20.8 Å². The molecule has 1 aliphatic heterocycles. The zero-order valence-electron chi connectivity index (χ0n) is 26.0. The van der Waals surface area contributed by atoms with Crippen molar-refractivity contribution in [2.45, 2.75) is 89.4 Å². The quantitative estimate of drug-likeness (QED) is 0.186. The highest BCUT2D eigenvalue weighted by Gasteiger charge is 2.57. The van der Waals surface area contributed by atoms with Gasteiger partial charge >= 0.3 is 11.9 Å². The van der Waals surface area contributed by atoms with E-state index in [-0.39, 0.29) is 38.1 Å². The number of carbonyl (C=O) groups excluding carboxylic acids is 3. The number of phenols is 4. The normalized spacial score (nSPS) is 30.2. The molecular weight excluding hydrogens is 608 g/mol. The summed E-state index contributed by atoms with van der Waals surface area (Å²) in [6.07, 6.45) is -2.97. The molecule has 0 amide bonds. The molecule has 0 radical (unpaired) electrons. The molecule has 1 heterocycles. The molecule has 248 valence electrons. The molecule has 0 bridgehead atoms. The molecule has 6 N–H and O–H groups in total. The van der Waals surface area contributed by atoms with Crippen molar-refractivity contribution in [3.05, 3.63) is 33.7 Å². The standard InChI is InChI=1S/C32H36O14/c1-12-28(44-14(3)34)31(5,40)29(45-15(4)35)30(43-12)46-19-11-32(41,13(2)33)10-17-21(19)27(39)23-22(25(17)37)24(36)16-8-7-9-18(42-6)20(16)26(23)38/h7-9,12,18,28-30,36-41H,10-11H2,1-6H3/t12?,18?,28?,29?,30?,31?,32-/m0/s1. The summed E-state index contributed by atoms with van der Waals surface area (Å²) >= 11 is 0. The van der Waals surface area contributed by atoms with E-state index in [1.54, 1.807) is 12.2 Å². The lowest BCUT2D eigenvalue weighted by Crippen LogP contribution is -2.67. The van der Waals surface area contributed by atoms with E-state index in [0.29, 0.717) is 0 Å². The Morgan fingerprint density at radius 1 is 0.891 bits per heavy atom. The van der Waals surface area contributed by atoms with Crippen LogP contribution in [-0.2, 0) is 44.5 Å². The second-order valence-electron chi connectivity index (χ2n) is 12.0. The zero-order chi connectivity index (χ0) is 34.0. The van der Waals surface area contributed by atoms with E-state index in [2.05, 4.69) is 0 Å². The number of aliphatic hydroxyl groups is 2. The van der Waals surface area contributed by atoms with E-state index < -0.39 is 95.5 Å². The van der Waals surface area contributed by atoms with Crippen LogP contribution < -0.4 is 10.4 Å². The number of hydrogen-bond acceptors (Lipinski definition) is 14. The fourth-order valence-electron chi connectivity index (χ4n) is 6.54. The van der Waals surface area contributed by atoms with Crippen LogP contribution in [0.5, 0.6) is 23.0 Å². The van der Waals surface area contributed by atoms with Gasteiger partial charge in [0.15, 0.2) is 18.0 Å². The molecule has 1 fully saturated rings. The third kappa shape index (κ3) is 5.11. The van der Waals surface area contributed by atoms with Crippen LogP contribution in [0.25, 0.3) is 22.6 Å². The second kappa shape index (κ2) is 11.5. The Bertz CT molecular complexity index is 1810. The maximum absolute atomic E-state index is 12.8. The molecule has 14 heteroatoms. The number of fused-ring (bicyclic) bond motifs is 3. The van der Waals surface area contributed by atoms with Gasteiger partial charge in [0.05, 0.1) is 22.1 Å². The van der Waals surface area contributed by atoms with Crippen LogP contribution >= 0.6 is 0 Å². The molecule has 2 aliphatic carbocycles. The van der Waals surface area contributed by atoms with Crippen molar-refractivity contribution < 1.29 is 68.7 Å². The van der Waals surface area contributed by atoms with Gasteiger partial charge in [-0.15, -0.1) is 0 Å². The van der Waals surface area contributed by atoms with Crippen LogP contribution in [0.1, 0.15) is 58.3 Å². The molecule has 14 nitrogen and oxygen atoms in total. The molecule has 6 unspecified atom stereocenters. The molecule has 3 aliphatic rings. The summed E-state index contributed by atoms with van der Waals surface area (Å²) in [4.78, 5) is 36.7. The van der Waals surface area contributed by atoms with E-state index in [9.17, 15) is 45.0 Å². The van der Waals surface area contributed by atoms with E-state index in [1.165, 1.54) is 27.0 Å². The largest absolute Gasteiger partial charge is 0.507 e. The van der Waals surface area contributed by atoms with Crippen LogP contribution in [0.4, 0.5) is 0 Å². The third-order valence-corrected chi connectivity index (χ3v) is 8.78. The maximum Gasteiger partial charge on any atom is 0.303 e. The summed E-state index contributed by atoms with van der Waals surface area (Å²) in [6.45, 7) is 6.01. The van der Waals surface area contributed by atoms with Gasteiger partial charge in [-0.3, -0.25) is 14.4 Å². The lowest BCUT2D eigenvalue weighted by atomic mass is 9.79. The number of ketones is 1. The minimum absolute atomic E-state index is 0.107. The van der Waals surface area contributed by atoms with Crippen LogP contribution in [0.15, 0.2) is 12.2 Å². The third-order valence-electron chi connectivity index (χ3n) is 8.78. The lowest BCUT2D eigenvalue weighted by molar-refractivity contribution is -0.313. The number of ether oxygens (including phenoxy) is 5. The minimum atomic E-state index is -2.19. The van der Waals surface area contributed by atoms with Gasteiger partial charge < -0.3 is 54.3 Å². The van der Waals surface area contributed by atoms with E-state index in [4.69, 9.17) is 23.7 Å². The Morgan fingerprint density at radius 3 is 2.09 bits per heavy atom. The predicted octanol–water partition coefficient (Wildman–Crippen LogP) is 0.450. The van der Waals surface area contributed by atoms with E-state index in [0.717, 1.165) is 20.8 Å². The van der Waals surface area contributed by atoms with Gasteiger partial charge in [-0.25, -0.2) is 0 Å². The Morgan fingerprint density at radius 2 is 1.50 bits per heavy atom. The van der Waals surface area contributed by atoms with E-state index in [1.807, 2.05) is 0 Å². The first-order chi connectivity index (χ1) is 21.4. The second-order valence-corrected chi connectivity index (χ2v) is 12.0. The topological polar surface area (TPSA) is 219 Å². The molecule has 2 aromatic rings. The highest BCUT2D eigenvalue weighted by atomic mass is 16.7. The summed E-state index contributed by atoms with van der Waals surface area (Å²) in [5.74, 6) is -5.04. The summed E-state index contributed by atoms with van der Waals surface area (Å²) in [6, 6.07) is 0. The number of esters is 2. The van der Waals surface area contributed by atoms with Gasteiger partial charge in [0, 0.05) is 50.1 Å². The first kappa shape index (κ1) is 33.0. The average molecular weight is 645 g/mol. The van der Waals surface area contributed by atoms with Crippen molar-refractivity contribution in [2.24, 2.45) is 0 Å². The maximum atomic E-state index is 12.8. The lowest BCUT2D eigenvalue weighted by Gasteiger charge is -2.48. The number of allylic oxidation sites excluding steroid dienone is 1. The monoisotopic (exact) mass is 644 g/mol. The van der Waals surface area contributed by atoms with Crippen molar-refractivity contribution in [1.29, 1.82) is 0 Å². The van der Waals surface area contributed by atoms with Crippen molar-refractivity contribution in [3.8, 4) is 23.0 Å². The van der Waals surface area contributed by atoms with Gasteiger partial charge in [0.1, 0.15) is 46.1 Å². The molecule has 0 saturated carbocycles. The fraction of sp³-hybridized carbons (Fsp3) is 0.469. The van der Waals surface area contributed by atoms with Crippen LogP contribution in [0.2, 0.25) is 0 Å². The number of rotatable bonds is 6. The number of Topliss-reactive ketones (excluding diaryl/α,β-unsaturated/α-hetero) is 1. The number of benzene rings is 2. The number of carbonyl (C=O) groups is 3. The van der Waals surface area contributed by atoms with Gasteiger partial charge in [-0.1, -0.05) is 18.2 Å². The summed E-state index contributed by atoms with van der Waals surface area (Å²) < 4.78 is 28.1. The first-order valence-electron chi connectivity index (χ1n) is 14.5. The molecule has 0 spiro atoms. The number of aromatic hydroxyl groups is 4. The Balaban J connectivity index is 1.80. The Labute approximate surface area is 262 Å². The molecule has 46 heavy (non-hydrogen) atoms. The molecule has 5 rings (SSSR count). The predicted molar refractivity (Wildman–Crippen MR) is 158 cm³/mol. The molecular formula is C32H36O14. The van der Waals surface area contributed by atoms with Gasteiger partial charge in [0.2, 0.25) is 6.29 Å². The first-order valence-corrected chi connectivity index (χ1v) is 14.5. The van der Waals surface area contributed by atoms with Gasteiger partial charge in [-0.2, -0.15) is 0 Å². The fourth-order valence-corrected chi connectivity index (χ4v) is 6.54. The van der Waals surface area contributed by atoms with Crippen molar-refractivity contribution >= 4 is 40.3 Å². The molecule has 0 aromatic heterocycles. The molecule has 7 atom stereocenters.